The first-order valence-electron chi connectivity index (χ1n) is 10.7. The second-order valence-electron chi connectivity index (χ2n) is 7.98. The van der Waals surface area contributed by atoms with Crippen LogP contribution in [0.25, 0.3) is 5.57 Å². The largest absolute Gasteiger partial charge is 0.335 e. The summed E-state index contributed by atoms with van der Waals surface area (Å²) in [5, 5.41) is 6.94. The Kier molecular flexibility index (Phi) is 5.12. The highest BCUT2D eigenvalue weighted by Gasteiger charge is 2.28. The highest BCUT2D eigenvalue weighted by molar-refractivity contribution is 6.01. The predicted octanol–water partition coefficient (Wildman–Crippen LogP) is 3.36. The van der Waals surface area contributed by atoms with Crippen molar-refractivity contribution in [3.63, 3.8) is 0 Å². The molecule has 0 unspecified atom stereocenters. The molecule has 2 amide bonds. The monoisotopic (exact) mass is 412 g/mol. The summed E-state index contributed by atoms with van der Waals surface area (Å²) in [6, 6.07) is 9.31. The van der Waals surface area contributed by atoms with Crippen molar-refractivity contribution >= 4 is 17.4 Å². The lowest BCUT2D eigenvalue weighted by molar-refractivity contribution is -0.128. The zero-order valence-corrected chi connectivity index (χ0v) is 17.3. The molecule has 1 N–H and O–H groups in total. The van der Waals surface area contributed by atoms with Crippen molar-refractivity contribution in [3.8, 4) is 0 Å². The maximum atomic E-state index is 13.2. The Balaban J connectivity index is 1.31. The molecule has 3 aliphatic rings. The van der Waals surface area contributed by atoms with Crippen molar-refractivity contribution in [3.05, 3.63) is 94.9 Å². The number of allylic oxidation sites excluding steroid dienone is 6. The smallest absolute Gasteiger partial charge is 0.254 e. The van der Waals surface area contributed by atoms with Gasteiger partial charge in [-0.15, -0.1) is 0 Å². The van der Waals surface area contributed by atoms with Crippen LogP contribution in [0.2, 0.25) is 0 Å². The van der Waals surface area contributed by atoms with E-state index in [0.717, 1.165) is 35.1 Å². The number of hydrogen-bond acceptors (Lipinski definition) is 3. The Bertz CT molecular complexity index is 1120. The highest BCUT2D eigenvalue weighted by Crippen LogP contribution is 2.37. The first-order chi connectivity index (χ1) is 15.2. The second-order valence-corrected chi connectivity index (χ2v) is 7.98. The summed E-state index contributed by atoms with van der Waals surface area (Å²) in [5.74, 6) is 0.0641. The third kappa shape index (κ3) is 3.77. The minimum absolute atomic E-state index is 0.0267. The van der Waals surface area contributed by atoms with Crippen LogP contribution in [-0.4, -0.2) is 58.0 Å². The zero-order valence-electron chi connectivity index (χ0n) is 17.3. The topological polar surface area (TPSA) is 69.3 Å². The normalized spacial score (nSPS) is 18.5. The molecule has 5 rings (SSSR count). The second kappa shape index (κ2) is 8.22. The average Bonchev–Trinajstić information content (AvgIpc) is 3.46. The van der Waals surface area contributed by atoms with Gasteiger partial charge in [-0.1, -0.05) is 30.4 Å². The first-order valence-corrected chi connectivity index (χ1v) is 10.7. The molecule has 1 fully saturated rings. The van der Waals surface area contributed by atoms with Crippen LogP contribution in [0.5, 0.6) is 0 Å². The van der Waals surface area contributed by atoms with Crippen LogP contribution in [-0.2, 0) is 4.79 Å². The van der Waals surface area contributed by atoms with E-state index in [1.165, 1.54) is 5.57 Å². The number of nitrogens with zero attached hydrogens (tertiary/aromatic N) is 3. The molecule has 1 aromatic carbocycles. The summed E-state index contributed by atoms with van der Waals surface area (Å²) in [6.07, 6.45) is 13.9. The number of aromatic amines is 1. The van der Waals surface area contributed by atoms with E-state index in [0.29, 0.717) is 31.7 Å². The molecular weight excluding hydrogens is 388 g/mol. The number of nitrogens with one attached hydrogen (secondary N) is 1. The van der Waals surface area contributed by atoms with Crippen LogP contribution in [0.3, 0.4) is 0 Å². The van der Waals surface area contributed by atoms with E-state index in [1.807, 2.05) is 64.7 Å². The standard InChI is InChI=1S/C25H24N4O2/c30-24(18-6-2-1-3-7-18)28-10-12-29(13-11-28)25(31)20-14-19-8-4-5-9-22(23(19)15-20)21-16-26-27-17-21/h1-3,5-7,9,14-17H,4,8,10-13H2,(H,26,27). The number of aromatic nitrogens is 2. The van der Waals surface area contributed by atoms with Gasteiger partial charge in [0.25, 0.3) is 11.8 Å². The fourth-order valence-electron chi connectivity index (χ4n) is 4.37. The number of benzene rings is 1. The Morgan fingerprint density at radius 2 is 1.65 bits per heavy atom. The van der Waals surface area contributed by atoms with Crippen molar-refractivity contribution in [1.29, 1.82) is 0 Å². The van der Waals surface area contributed by atoms with Gasteiger partial charge in [0, 0.05) is 49.1 Å². The predicted molar refractivity (Wildman–Crippen MR) is 119 cm³/mol. The zero-order chi connectivity index (χ0) is 21.2. The van der Waals surface area contributed by atoms with Crippen LogP contribution >= 0.6 is 0 Å². The van der Waals surface area contributed by atoms with Gasteiger partial charge in [-0.3, -0.25) is 14.7 Å². The summed E-state index contributed by atoms with van der Waals surface area (Å²) in [7, 11) is 0. The maximum absolute atomic E-state index is 13.2. The minimum atomic E-state index is 0.0267. The highest BCUT2D eigenvalue weighted by atomic mass is 16.2. The maximum Gasteiger partial charge on any atom is 0.254 e. The lowest BCUT2D eigenvalue weighted by Gasteiger charge is -2.35. The molecule has 1 aliphatic heterocycles. The molecule has 6 nitrogen and oxygen atoms in total. The van der Waals surface area contributed by atoms with Crippen LogP contribution in [0.4, 0.5) is 0 Å². The quantitative estimate of drug-likeness (QED) is 0.840. The number of carbonyl (C=O) groups is 2. The van der Waals surface area contributed by atoms with E-state index in [4.69, 9.17) is 0 Å². The van der Waals surface area contributed by atoms with E-state index in [1.54, 1.807) is 0 Å². The van der Waals surface area contributed by atoms with Gasteiger partial charge in [-0.2, -0.15) is 5.10 Å². The number of piperazine rings is 1. The fourth-order valence-corrected chi connectivity index (χ4v) is 4.37. The molecule has 1 aromatic heterocycles. The van der Waals surface area contributed by atoms with Gasteiger partial charge in [-0.25, -0.2) is 0 Å². The van der Waals surface area contributed by atoms with E-state index >= 15 is 0 Å². The third-order valence-corrected chi connectivity index (χ3v) is 6.06. The van der Waals surface area contributed by atoms with Crippen LogP contribution < -0.4 is 0 Å². The Morgan fingerprint density at radius 1 is 0.903 bits per heavy atom. The minimum Gasteiger partial charge on any atom is -0.335 e. The van der Waals surface area contributed by atoms with Gasteiger partial charge in [0.05, 0.1) is 6.20 Å². The van der Waals surface area contributed by atoms with Crippen molar-refractivity contribution in [2.45, 2.75) is 12.8 Å². The molecule has 2 aliphatic carbocycles. The molecule has 0 spiro atoms. The lowest BCUT2D eigenvalue weighted by Crippen LogP contribution is -2.50. The Labute approximate surface area is 181 Å². The Morgan fingerprint density at radius 3 is 2.35 bits per heavy atom. The van der Waals surface area contributed by atoms with Gasteiger partial charge in [0.1, 0.15) is 0 Å². The van der Waals surface area contributed by atoms with E-state index in [2.05, 4.69) is 22.3 Å². The van der Waals surface area contributed by atoms with Gasteiger partial charge in [-0.05, 0) is 53.8 Å². The summed E-state index contributed by atoms with van der Waals surface area (Å²) >= 11 is 0. The van der Waals surface area contributed by atoms with Crippen LogP contribution in [0, 0.1) is 0 Å². The molecule has 0 radical (unpaired) electrons. The molecule has 31 heavy (non-hydrogen) atoms. The van der Waals surface area contributed by atoms with Crippen molar-refractivity contribution in [2.24, 2.45) is 0 Å². The molecule has 6 heteroatoms. The molecule has 0 saturated carbocycles. The van der Waals surface area contributed by atoms with Crippen LogP contribution in [0.1, 0.15) is 28.8 Å². The molecule has 0 atom stereocenters. The average molecular weight is 412 g/mol. The van der Waals surface area contributed by atoms with Crippen molar-refractivity contribution in [2.75, 3.05) is 26.2 Å². The van der Waals surface area contributed by atoms with Gasteiger partial charge in [0.2, 0.25) is 0 Å². The number of carbonyl (C=O) groups excluding carboxylic acids is 2. The summed E-state index contributed by atoms with van der Waals surface area (Å²) < 4.78 is 0. The number of H-pyrrole nitrogens is 1. The van der Waals surface area contributed by atoms with Crippen LogP contribution in [0.15, 0.2) is 83.7 Å². The Hall–Kier alpha value is -3.67. The molecular formula is C25H24N4O2. The van der Waals surface area contributed by atoms with Gasteiger partial charge in [0.15, 0.2) is 0 Å². The van der Waals surface area contributed by atoms with E-state index in [9.17, 15) is 9.59 Å². The van der Waals surface area contributed by atoms with E-state index in [-0.39, 0.29) is 11.8 Å². The summed E-state index contributed by atoms with van der Waals surface area (Å²) in [6.45, 7) is 2.20. The number of amides is 2. The first kappa shape index (κ1) is 19.3. The molecule has 2 heterocycles. The summed E-state index contributed by atoms with van der Waals surface area (Å²) in [5.41, 5.74) is 5.84. The number of rotatable bonds is 3. The third-order valence-electron chi connectivity index (χ3n) is 6.06. The van der Waals surface area contributed by atoms with Gasteiger partial charge < -0.3 is 9.80 Å². The lowest BCUT2D eigenvalue weighted by atomic mass is 9.98. The molecule has 2 aromatic rings. The fraction of sp³-hybridized carbons (Fsp3) is 0.240. The number of fused-ring (bicyclic) bond motifs is 1. The summed E-state index contributed by atoms with van der Waals surface area (Å²) in [4.78, 5) is 29.6. The molecule has 156 valence electrons. The molecule has 0 bridgehead atoms. The SMILES string of the molecule is O=C(C1=CC2=C(c3cn[nH]c3)C=CCCC2=C1)N1CCN(C(=O)c2ccccc2)CC1. The van der Waals surface area contributed by atoms with Crippen molar-refractivity contribution in [1.82, 2.24) is 20.0 Å². The van der Waals surface area contributed by atoms with E-state index < -0.39 is 0 Å². The number of hydrogen-bond donors (Lipinski definition) is 1. The van der Waals surface area contributed by atoms with Crippen molar-refractivity contribution < 1.29 is 9.59 Å². The van der Waals surface area contributed by atoms with Gasteiger partial charge >= 0.3 is 0 Å². The molecule has 1 saturated heterocycles.